The Morgan fingerprint density at radius 2 is 1.87 bits per heavy atom. The van der Waals surface area contributed by atoms with E-state index < -0.39 is 0 Å². The van der Waals surface area contributed by atoms with Crippen molar-refractivity contribution < 1.29 is 14.3 Å². The Balaban J connectivity index is 1.83. The van der Waals surface area contributed by atoms with Gasteiger partial charge in [0.2, 0.25) is 5.76 Å². The molecule has 1 aliphatic carbocycles. The third-order valence-electron chi connectivity index (χ3n) is 4.54. The van der Waals surface area contributed by atoms with Crippen LogP contribution < -0.4 is 0 Å². The van der Waals surface area contributed by atoms with Gasteiger partial charge in [-0.25, -0.2) is 0 Å². The SMILES string of the molecule is CC1=C(C(=O)N(Cc2ccncc2)C2CCCCC2)OCCO1. The minimum Gasteiger partial charge on any atom is -0.491 e. The molecule has 1 fully saturated rings. The zero-order valence-corrected chi connectivity index (χ0v) is 13.7. The van der Waals surface area contributed by atoms with Crippen LogP contribution in [0.5, 0.6) is 0 Å². The second kappa shape index (κ2) is 7.49. The average molecular weight is 316 g/mol. The van der Waals surface area contributed by atoms with Gasteiger partial charge in [0.05, 0.1) is 0 Å². The number of aromatic nitrogens is 1. The Morgan fingerprint density at radius 3 is 2.57 bits per heavy atom. The Bertz CT molecular complexity index is 565. The third-order valence-corrected chi connectivity index (χ3v) is 4.54. The number of allylic oxidation sites excluding steroid dienone is 1. The lowest BCUT2D eigenvalue weighted by molar-refractivity contribution is -0.136. The van der Waals surface area contributed by atoms with E-state index in [1.165, 1.54) is 19.3 Å². The number of rotatable bonds is 4. The Kier molecular flexibility index (Phi) is 5.16. The van der Waals surface area contributed by atoms with Crippen LogP contribution in [0.2, 0.25) is 0 Å². The summed E-state index contributed by atoms with van der Waals surface area (Å²) < 4.78 is 11.1. The van der Waals surface area contributed by atoms with Crippen molar-refractivity contribution in [2.75, 3.05) is 13.2 Å². The Hall–Kier alpha value is -2.04. The molecule has 0 unspecified atom stereocenters. The summed E-state index contributed by atoms with van der Waals surface area (Å²) in [6.45, 7) is 3.34. The van der Waals surface area contributed by atoms with Gasteiger partial charge in [0, 0.05) is 25.0 Å². The van der Waals surface area contributed by atoms with Crippen molar-refractivity contribution in [3.63, 3.8) is 0 Å². The summed E-state index contributed by atoms with van der Waals surface area (Å²) in [5.74, 6) is 0.915. The van der Waals surface area contributed by atoms with E-state index in [0.717, 1.165) is 18.4 Å². The molecule has 5 heteroatoms. The lowest BCUT2D eigenvalue weighted by Gasteiger charge is -2.35. The number of hydrogen-bond donors (Lipinski definition) is 0. The van der Waals surface area contributed by atoms with Crippen LogP contribution in [0.3, 0.4) is 0 Å². The van der Waals surface area contributed by atoms with E-state index in [1.54, 1.807) is 19.3 Å². The molecule has 3 rings (SSSR count). The lowest BCUT2D eigenvalue weighted by Crippen LogP contribution is -2.43. The van der Waals surface area contributed by atoms with Crippen molar-refractivity contribution in [2.24, 2.45) is 0 Å². The second-order valence-electron chi connectivity index (χ2n) is 6.16. The van der Waals surface area contributed by atoms with E-state index >= 15 is 0 Å². The van der Waals surface area contributed by atoms with Gasteiger partial charge in [-0.3, -0.25) is 9.78 Å². The molecule has 0 aromatic carbocycles. The standard InChI is InChI=1S/C18H24N2O3/c1-14-17(23-12-11-22-14)18(21)20(16-5-3-2-4-6-16)13-15-7-9-19-10-8-15/h7-10,16H,2-6,11-13H2,1H3. The van der Waals surface area contributed by atoms with E-state index in [1.807, 2.05) is 17.0 Å². The van der Waals surface area contributed by atoms with Gasteiger partial charge >= 0.3 is 0 Å². The highest BCUT2D eigenvalue weighted by atomic mass is 16.6. The molecule has 0 saturated heterocycles. The lowest BCUT2D eigenvalue weighted by atomic mass is 9.93. The molecule has 1 aliphatic heterocycles. The molecule has 1 amide bonds. The van der Waals surface area contributed by atoms with Gasteiger partial charge in [-0.2, -0.15) is 0 Å². The molecule has 124 valence electrons. The maximum atomic E-state index is 13.1. The Labute approximate surface area is 137 Å². The minimum atomic E-state index is -0.0501. The number of hydrogen-bond acceptors (Lipinski definition) is 4. The van der Waals surface area contributed by atoms with Crippen LogP contribution in [-0.4, -0.2) is 35.0 Å². The van der Waals surface area contributed by atoms with Gasteiger partial charge in [0.25, 0.3) is 5.91 Å². The quantitative estimate of drug-likeness (QED) is 0.857. The summed E-state index contributed by atoms with van der Waals surface area (Å²) in [5, 5.41) is 0. The number of ether oxygens (including phenoxy) is 2. The molecule has 23 heavy (non-hydrogen) atoms. The van der Waals surface area contributed by atoms with E-state index in [9.17, 15) is 4.79 Å². The molecule has 2 heterocycles. The molecule has 5 nitrogen and oxygen atoms in total. The van der Waals surface area contributed by atoms with Gasteiger partial charge in [-0.05, 0) is 37.5 Å². The predicted octanol–water partition coefficient (Wildman–Crippen LogP) is 3.02. The van der Waals surface area contributed by atoms with Crippen molar-refractivity contribution in [3.05, 3.63) is 41.6 Å². The van der Waals surface area contributed by atoms with Gasteiger partial charge < -0.3 is 14.4 Å². The summed E-state index contributed by atoms with van der Waals surface area (Å²) >= 11 is 0. The maximum Gasteiger partial charge on any atom is 0.293 e. The molecular formula is C18H24N2O3. The Morgan fingerprint density at radius 1 is 1.17 bits per heavy atom. The van der Waals surface area contributed by atoms with Crippen LogP contribution in [-0.2, 0) is 20.8 Å². The first-order valence-electron chi connectivity index (χ1n) is 8.42. The first-order valence-corrected chi connectivity index (χ1v) is 8.42. The number of pyridine rings is 1. The largest absolute Gasteiger partial charge is 0.491 e. The van der Waals surface area contributed by atoms with Crippen LogP contribution >= 0.6 is 0 Å². The average Bonchev–Trinajstić information content (AvgIpc) is 2.61. The van der Waals surface area contributed by atoms with Gasteiger partial charge in [0.1, 0.15) is 19.0 Å². The van der Waals surface area contributed by atoms with Gasteiger partial charge in [-0.1, -0.05) is 19.3 Å². The minimum absolute atomic E-state index is 0.0501. The molecule has 2 aliphatic rings. The van der Waals surface area contributed by atoms with Gasteiger partial charge in [0.15, 0.2) is 0 Å². The number of carbonyl (C=O) groups excluding carboxylic acids is 1. The first-order chi connectivity index (χ1) is 11.3. The molecular weight excluding hydrogens is 292 g/mol. The predicted molar refractivity (Wildman–Crippen MR) is 86.3 cm³/mol. The highest BCUT2D eigenvalue weighted by molar-refractivity contribution is 5.92. The molecule has 0 N–H and O–H groups in total. The molecule has 1 aromatic heterocycles. The van der Waals surface area contributed by atoms with Gasteiger partial charge in [-0.15, -0.1) is 0 Å². The fourth-order valence-corrected chi connectivity index (χ4v) is 3.29. The monoisotopic (exact) mass is 316 g/mol. The van der Waals surface area contributed by atoms with E-state index in [-0.39, 0.29) is 11.9 Å². The summed E-state index contributed by atoms with van der Waals surface area (Å²) in [6, 6.07) is 4.20. The smallest absolute Gasteiger partial charge is 0.293 e. The topological polar surface area (TPSA) is 51.7 Å². The zero-order valence-electron chi connectivity index (χ0n) is 13.7. The third kappa shape index (κ3) is 3.84. The van der Waals surface area contributed by atoms with Crippen molar-refractivity contribution in [1.82, 2.24) is 9.88 Å². The molecule has 1 aromatic rings. The van der Waals surface area contributed by atoms with Crippen molar-refractivity contribution in [2.45, 2.75) is 51.6 Å². The molecule has 0 radical (unpaired) electrons. The van der Waals surface area contributed by atoms with Crippen molar-refractivity contribution >= 4 is 5.91 Å². The summed E-state index contributed by atoms with van der Waals surface area (Å²) in [7, 11) is 0. The number of amides is 1. The molecule has 0 bridgehead atoms. The summed E-state index contributed by atoms with van der Waals surface area (Å²) in [5.41, 5.74) is 1.09. The van der Waals surface area contributed by atoms with E-state index in [2.05, 4.69) is 4.98 Å². The first kappa shape index (κ1) is 15.8. The zero-order chi connectivity index (χ0) is 16.1. The highest BCUT2D eigenvalue weighted by Crippen LogP contribution is 2.27. The van der Waals surface area contributed by atoms with Crippen LogP contribution in [0.4, 0.5) is 0 Å². The summed E-state index contributed by atoms with van der Waals surface area (Å²) in [4.78, 5) is 19.1. The molecule has 0 atom stereocenters. The van der Waals surface area contributed by atoms with Crippen molar-refractivity contribution in [1.29, 1.82) is 0 Å². The fraction of sp³-hybridized carbons (Fsp3) is 0.556. The van der Waals surface area contributed by atoms with Crippen molar-refractivity contribution in [3.8, 4) is 0 Å². The highest BCUT2D eigenvalue weighted by Gasteiger charge is 2.31. The number of nitrogens with zero attached hydrogens (tertiary/aromatic N) is 2. The molecule has 1 saturated carbocycles. The normalized spacial score (nSPS) is 19.0. The maximum absolute atomic E-state index is 13.1. The summed E-state index contributed by atoms with van der Waals surface area (Å²) in [6.07, 6.45) is 9.27. The van der Waals surface area contributed by atoms with E-state index in [0.29, 0.717) is 31.3 Å². The van der Waals surface area contributed by atoms with E-state index in [4.69, 9.17) is 9.47 Å². The molecule has 0 spiro atoms. The number of carbonyl (C=O) groups is 1. The van der Waals surface area contributed by atoms with Crippen LogP contribution in [0.25, 0.3) is 0 Å². The van der Waals surface area contributed by atoms with Crippen LogP contribution in [0.1, 0.15) is 44.6 Å². The van der Waals surface area contributed by atoms with Crippen LogP contribution in [0.15, 0.2) is 36.0 Å². The second-order valence-corrected chi connectivity index (χ2v) is 6.16. The van der Waals surface area contributed by atoms with Crippen LogP contribution in [0, 0.1) is 0 Å². The fourth-order valence-electron chi connectivity index (χ4n) is 3.29.